The van der Waals surface area contributed by atoms with Gasteiger partial charge < -0.3 is 4.90 Å². The Kier molecular flexibility index (Phi) is 3.98. The molecule has 3 aromatic rings. The summed E-state index contributed by atoms with van der Waals surface area (Å²) in [7, 11) is 1.81. The SMILES string of the molecule is Cc1nc2ccc(Br)cn2c1C(=O)N(C)Cc1ccccc1. The maximum atomic E-state index is 12.8. The largest absolute Gasteiger partial charge is 0.336 e. The number of imidazole rings is 1. The lowest BCUT2D eigenvalue weighted by Crippen LogP contribution is -2.28. The van der Waals surface area contributed by atoms with Gasteiger partial charge in [-0.15, -0.1) is 0 Å². The molecule has 4 nitrogen and oxygen atoms in total. The zero-order chi connectivity index (χ0) is 15.7. The molecule has 5 heteroatoms. The van der Waals surface area contributed by atoms with E-state index in [2.05, 4.69) is 20.9 Å². The summed E-state index contributed by atoms with van der Waals surface area (Å²) in [5, 5.41) is 0. The smallest absolute Gasteiger partial charge is 0.272 e. The summed E-state index contributed by atoms with van der Waals surface area (Å²) in [5.74, 6) is -0.0352. The molecule has 0 spiro atoms. The van der Waals surface area contributed by atoms with Gasteiger partial charge in [-0.25, -0.2) is 4.98 Å². The molecule has 0 unspecified atom stereocenters. The number of carbonyl (C=O) groups is 1. The Hall–Kier alpha value is -2.14. The van der Waals surface area contributed by atoms with Gasteiger partial charge in [0, 0.05) is 24.3 Å². The van der Waals surface area contributed by atoms with Crippen molar-refractivity contribution in [1.82, 2.24) is 14.3 Å². The van der Waals surface area contributed by atoms with Gasteiger partial charge in [-0.05, 0) is 40.5 Å². The molecule has 0 aliphatic carbocycles. The average molecular weight is 358 g/mol. The fourth-order valence-corrected chi connectivity index (χ4v) is 2.84. The van der Waals surface area contributed by atoms with Crippen molar-refractivity contribution in [3.8, 4) is 0 Å². The Balaban J connectivity index is 1.94. The van der Waals surface area contributed by atoms with Crippen LogP contribution < -0.4 is 0 Å². The molecular formula is C17H16BrN3O. The molecule has 1 aromatic carbocycles. The highest BCUT2D eigenvalue weighted by molar-refractivity contribution is 9.10. The van der Waals surface area contributed by atoms with Gasteiger partial charge in [-0.1, -0.05) is 30.3 Å². The van der Waals surface area contributed by atoms with Crippen molar-refractivity contribution in [2.75, 3.05) is 7.05 Å². The minimum atomic E-state index is -0.0352. The second kappa shape index (κ2) is 5.93. The summed E-state index contributed by atoms with van der Waals surface area (Å²) in [4.78, 5) is 19.0. The highest BCUT2D eigenvalue weighted by atomic mass is 79.9. The summed E-state index contributed by atoms with van der Waals surface area (Å²) in [5.41, 5.74) is 3.22. The molecule has 0 saturated carbocycles. The van der Waals surface area contributed by atoms with Gasteiger partial charge in [0.25, 0.3) is 5.91 Å². The second-order valence-electron chi connectivity index (χ2n) is 5.27. The van der Waals surface area contributed by atoms with E-state index < -0.39 is 0 Å². The Morgan fingerprint density at radius 1 is 1.23 bits per heavy atom. The van der Waals surface area contributed by atoms with Gasteiger partial charge >= 0.3 is 0 Å². The number of carbonyl (C=O) groups excluding carboxylic acids is 1. The number of fused-ring (bicyclic) bond motifs is 1. The Bertz CT molecular complexity index is 827. The number of aryl methyl sites for hydroxylation is 1. The molecule has 0 aliphatic rings. The standard InChI is InChI=1S/C17H16BrN3O/c1-12-16(21-11-14(18)8-9-15(21)19-12)17(22)20(2)10-13-6-4-3-5-7-13/h3-9,11H,10H2,1-2H3. The molecular weight excluding hydrogens is 342 g/mol. The zero-order valence-electron chi connectivity index (χ0n) is 12.5. The number of aromatic nitrogens is 2. The van der Waals surface area contributed by atoms with Gasteiger partial charge in [-0.3, -0.25) is 9.20 Å². The molecule has 0 N–H and O–H groups in total. The maximum Gasteiger partial charge on any atom is 0.272 e. The number of hydrogen-bond acceptors (Lipinski definition) is 2. The first-order chi connectivity index (χ1) is 10.6. The van der Waals surface area contributed by atoms with Crippen molar-refractivity contribution < 1.29 is 4.79 Å². The van der Waals surface area contributed by atoms with Crippen LogP contribution in [0.4, 0.5) is 0 Å². The van der Waals surface area contributed by atoms with Crippen LogP contribution in [0, 0.1) is 6.92 Å². The number of nitrogens with zero attached hydrogens (tertiary/aromatic N) is 3. The summed E-state index contributed by atoms with van der Waals surface area (Å²) in [6.07, 6.45) is 1.87. The van der Waals surface area contributed by atoms with E-state index in [1.807, 2.05) is 67.0 Å². The summed E-state index contributed by atoms with van der Waals surface area (Å²) in [6, 6.07) is 13.8. The van der Waals surface area contributed by atoms with Crippen molar-refractivity contribution in [2.45, 2.75) is 13.5 Å². The molecule has 0 atom stereocenters. The van der Waals surface area contributed by atoms with Gasteiger partial charge in [0.1, 0.15) is 11.3 Å². The first kappa shape index (κ1) is 14.8. The molecule has 22 heavy (non-hydrogen) atoms. The van der Waals surface area contributed by atoms with E-state index in [0.717, 1.165) is 21.4 Å². The zero-order valence-corrected chi connectivity index (χ0v) is 14.0. The Morgan fingerprint density at radius 3 is 2.68 bits per heavy atom. The van der Waals surface area contributed by atoms with Crippen molar-refractivity contribution >= 4 is 27.5 Å². The van der Waals surface area contributed by atoms with Crippen LogP contribution in [0.1, 0.15) is 21.7 Å². The summed E-state index contributed by atoms with van der Waals surface area (Å²) < 4.78 is 2.75. The van der Waals surface area contributed by atoms with Gasteiger partial charge in [-0.2, -0.15) is 0 Å². The third-order valence-electron chi connectivity index (χ3n) is 3.57. The van der Waals surface area contributed by atoms with Crippen LogP contribution in [-0.4, -0.2) is 27.2 Å². The van der Waals surface area contributed by atoms with E-state index in [4.69, 9.17) is 0 Å². The molecule has 0 aliphatic heterocycles. The van der Waals surface area contributed by atoms with E-state index in [0.29, 0.717) is 12.2 Å². The van der Waals surface area contributed by atoms with Gasteiger partial charge in [0.2, 0.25) is 0 Å². The molecule has 0 radical (unpaired) electrons. The van der Waals surface area contributed by atoms with E-state index in [1.165, 1.54) is 0 Å². The van der Waals surface area contributed by atoms with Crippen LogP contribution in [0.15, 0.2) is 53.1 Å². The number of benzene rings is 1. The molecule has 2 heterocycles. The van der Waals surface area contributed by atoms with Gasteiger partial charge in [0.05, 0.1) is 5.69 Å². The van der Waals surface area contributed by atoms with Crippen LogP contribution in [-0.2, 0) is 6.54 Å². The topological polar surface area (TPSA) is 37.6 Å². The van der Waals surface area contributed by atoms with E-state index >= 15 is 0 Å². The predicted octanol–water partition coefficient (Wildman–Crippen LogP) is 3.68. The van der Waals surface area contributed by atoms with Crippen LogP contribution in [0.2, 0.25) is 0 Å². The molecule has 0 saturated heterocycles. The van der Waals surface area contributed by atoms with E-state index in [-0.39, 0.29) is 5.91 Å². The number of rotatable bonds is 3. The third-order valence-corrected chi connectivity index (χ3v) is 4.04. The van der Waals surface area contributed by atoms with Crippen molar-refractivity contribution in [1.29, 1.82) is 0 Å². The van der Waals surface area contributed by atoms with Crippen LogP contribution in [0.25, 0.3) is 5.65 Å². The fraction of sp³-hybridized carbons (Fsp3) is 0.176. The number of halogens is 1. The number of amides is 1. The monoisotopic (exact) mass is 357 g/mol. The molecule has 112 valence electrons. The molecule has 1 amide bonds. The Morgan fingerprint density at radius 2 is 1.95 bits per heavy atom. The third kappa shape index (κ3) is 2.76. The van der Waals surface area contributed by atoms with E-state index in [1.54, 1.807) is 4.90 Å². The number of pyridine rings is 1. The Labute approximate surface area is 137 Å². The van der Waals surface area contributed by atoms with Crippen molar-refractivity contribution in [3.05, 3.63) is 70.1 Å². The van der Waals surface area contributed by atoms with Crippen LogP contribution >= 0.6 is 15.9 Å². The average Bonchev–Trinajstić information content (AvgIpc) is 2.82. The summed E-state index contributed by atoms with van der Waals surface area (Å²) >= 11 is 3.44. The summed E-state index contributed by atoms with van der Waals surface area (Å²) in [6.45, 7) is 2.44. The minimum absolute atomic E-state index is 0.0352. The quantitative estimate of drug-likeness (QED) is 0.716. The first-order valence-corrected chi connectivity index (χ1v) is 7.79. The lowest BCUT2D eigenvalue weighted by Gasteiger charge is -2.17. The molecule has 0 bridgehead atoms. The first-order valence-electron chi connectivity index (χ1n) is 7.00. The fourth-order valence-electron chi connectivity index (χ4n) is 2.50. The molecule has 3 rings (SSSR count). The minimum Gasteiger partial charge on any atom is -0.336 e. The molecule has 0 fully saturated rings. The second-order valence-corrected chi connectivity index (χ2v) is 6.18. The molecule has 2 aromatic heterocycles. The van der Waals surface area contributed by atoms with Crippen molar-refractivity contribution in [3.63, 3.8) is 0 Å². The highest BCUT2D eigenvalue weighted by Gasteiger charge is 2.20. The lowest BCUT2D eigenvalue weighted by molar-refractivity contribution is 0.0777. The number of hydrogen-bond donors (Lipinski definition) is 0. The van der Waals surface area contributed by atoms with Crippen LogP contribution in [0.5, 0.6) is 0 Å². The highest BCUT2D eigenvalue weighted by Crippen LogP contribution is 2.18. The van der Waals surface area contributed by atoms with Crippen LogP contribution in [0.3, 0.4) is 0 Å². The predicted molar refractivity (Wildman–Crippen MR) is 89.9 cm³/mol. The lowest BCUT2D eigenvalue weighted by atomic mass is 10.2. The normalized spacial score (nSPS) is 10.9. The van der Waals surface area contributed by atoms with Gasteiger partial charge in [0.15, 0.2) is 0 Å². The maximum absolute atomic E-state index is 12.8. The van der Waals surface area contributed by atoms with Crippen molar-refractivity contribution in [2.24, 2.45) is 0 Å². The van der Waals surface area contributed by atoms with E-state index in [9.17, 15) is 4.79 Å².